The molecule has 0 spiro atoms. The molecule has 0 radical (unpaired) electrons. The van der Waals surface area contributed by atoms with Crippen molar-refractivity contribution in [1.82, 2.24) is 15.0 Å². The number of amides is 1. The number of hydrogen-bond acceptors (Lipinski definition) is 7. The van der Waals surface area contributed by atoms with Gasteiger partial charge in [-0.2, -0.15) is 0 Å². The molecule has 3 N–H and O–H groups in total. The maximum atomic E-state index is 12.7. The fourth-order valence-corrected chi connectivity index (χ4v) is 3.68. The fraction of sp³-hybridized carbons (Fsp3) is 0.391. The molecule has 1 aromatic carbocycles. The lowest BCUT2D eigenvalue weighted by Crippen LogP contribution is -2.38. The summed E-state index contributed by atoms with van der Waals surface area (Å²) in [4.78, 5) is 28.5. The molecule has 8 nitrogen and oxygen atoms in total. The van der Waals surface area contributed by atoms with Gasteiger partial charge in [-0.25, -0.2) is 15.0 Å². The number of carbonyl (C=O) groups is 1. The van der Waals surface area contributed by atoms with E-state index in [1.807, 2.05) is 39.0 Å². The van der Waals surface area contributed by atoms with Crippen molar-refractivity contribution in [3.63, 3.8) is 0 Å². The van der Waals surface area contributed by atoms with Gasteiger partial charge in [0.2, 0.25) is 5.95 Å². The van der Waals surface area contributed by atoms with E-state index in [4.69, 9.17) is 4.98 Å². The molecular weight excluding hydrogens is 392 g/mol. The third-order valence-corrected chi connectivity index (χ3v) is 5.09. The van der Waals surface area contributed by atoms with Crippen LogP contribution < -0.4 is 15.5 Å². The van der Waals surface area contributed by atoms with Gasteiger partial charge in [0.1, 0.15) is 11.3 Å². The Hall–Kier alpha value is -3.26. The zero-order chi connectivity index (χ0) is 22.0. The third kappa shape index (κ3) is 4.91. The summed E-state index contributed by atoms with van der Waals surface area (Å²) in [6.45, 7) is 7.47. The number of rotatable bonds is 4. The number of aliphatic hydroxyl groups is 1. The summed E-state index contributed by atoms with van der Waals surface area (Å²) < 4.78 is 0. The highest BCUT2D eigenvalue weighted by molar-refractivity contribution is 6.09. The smallest absolute Gasteiger partial charge is 0.256 e. The monoisotopic (exact) mass is 420 g/mol. The number of pyridine rings is 1. The molecule has 1 aliphatic rings. The lowest BCUT2D eigenvalue weighted by molar-refractivity contribution is 0.102. The van der Waals surface area contributed by atoms with E-state index in [1.165, 1.54) is 0 Å². The molecule has 8 heteroatoms. The van der Waals surface area contributed by atoms with Crippen LogP contribution in [-0.2, 0) is 0 Å². The van der Waals surface area contributed by atoms with Gasteiger partial charge in [-0.05, 0) is 45.7 Å². The average Bonchev–Trinajstić information content (AvgIpc) is 2.73. The van der Waals surface area contributed by atoms with Crippen molar-refractivity contribution in [2.75, 3.05) is 28.6 Å². The van der Waals surface area contributed by atoms with Gasteiger partial charge in [-0.15, -0.1) is 0 Å². The Morgan fingerprint density at radius 1 is 1.16 bits per heavy atom. The molecule has 31 heavy (non-hydrogen) atoms. The molecule has 1 fully saturated rings. The van der Waals surface area contributed by atoms with Gasteiger partial charge in [0.05, 0.1) is 23.4 Å². The minimum Gasteiger partial charge on any atom is -0.391 e. The number of hydrogen-bond donors (Lipinski definition) is 3. The van der Waals surface area contributed by atoms with E-state index in [0.29, 0.717) is 34.8 Å². The quantitative estimate of drug-likeness (QED) is 0.594. The molecule has 0 aliphatic carbocycles. The summed E-state index contributed by atoms with van der Waals surface area (Å²) >= 11 is 0. The van der Waals surface area contributed by atoms with Crippen molar-refractivity contribution in [1.29, 1.82) is 0 Å². The molecule has 1 aliphatic heterocycles. The largest absolute Gasteiger partial charge is 0.391 e. The summed E-state index contributed by atoms with van der Waals surface area (Å²) in [5.41, 5.74) is 1.86. The van der Waals surface area contributed by atoms with Crippen molar-refractivity contribution >= 4 is 34.3 Å². The zero-order valence-corrected chi connectivity index (χ0v) is 18.1. The zero-order valence-electron chi connectivity index (χ0n) is 18.1. The number of nitrogens with zero attached hydrogens (tertiary/aromatic N) is 4. The molecule has 0 bridgehead atoms. The lowest BCUT2D eigenvalue weighted by Gasteiger charge is -2.32. The number of nitrogens with one attached hydrogen (secondary N) is 2. The van der Waals surface area contributed by atoms with Crippen LogP contribution in [0.15, 0.2) is 42.7 Å². The van der Waals surface area contributed by atoms with Crippen molar-refractivity contribution in [2.45, 2.75) is 45.3 Å². The van der Waals surface area contributed by atoms with E-state index in [2.05, 4.69) is 25.5 Å². The maximum absolute atomic E-state index is 12.7. The predicted molar refractivity (Wildman–Crippen MR) is 123 cm³/mol. The average molecular weight is 421 g/mol. The second-order valence-electron chi connectivity index (χ2n) is 8.89. The molecule has 0 saturated carbocycles. The van der Waals surface area contributed by atoms with Crippen molar-refractivity contribution in [2.24, 2.45) is 0 Å². The first-order chi connectivity index (χ1) is 14.8. The molecular formula is C23H28N6O2. The minimum atomic E-state index is -0.379. The Morgan fingerprint density at radius 2 is 1.94 bits per heavy atom. The fourth-order valence-electron chi connectivity index (χ4n) is 3.68. The third-order valence-electron chi connectivity index (χ3n) is 5.09. The summed E-state index contributed by atoms with van der Waals surface area (Å²) in [5, 5.41) is 17.0. The minimum absolute atomic E-state index is 0.202. The number of benzene rings is 1. The summed E-state index contributed by atoms with van der Waals surface area (Å²) in [5.74, 6) is 0.672. The van der Waals surface area contributed by atoms with Crippen LogP contribution in [0.25, 0.3) is 10.9 Å². The van der Waals surface area contributed by atoms with Crippen LogP contribution >= 0.6 is 0 Å². The molecule has 1 unspecified atom stereocenters. The molecule has 162 valence electrons. The number of aromatic nitrogens is 3. The first-order valence-corrected chi connectivity index (χ1v) is 10.5. The van der Waals surface area contributed by atoms with Gasteiger partial charge >= 0.3 is 0 Å². The molecule has 4 rings (SSSR count). The maximum Gasteiger partial charge on any atom is 0.256 e. The van der Waals surface area contributed by atoms with E-state index in [-0.39, 0.29) is 17.6 Å². The Kier molecular flexibility index (Phi) is 5.73. The van der Waals surface area contributed by atoms with Gasteiger partial charge in [0, 0.05) is 30.4 Å². The number of carbonyl (C=O) groups excluding carboxylic acids is 1. The molecule has 3 aromatic rings. The van der Waals surface area contributed by atoms with Crippen molar-refractivity contribution < 1.29 is 9.90 Å². The summed E-state index contributed by atoms with van der Waals surface area (Å²) in [6, 6.07) is 9.01. The Bertz CT molecular complexity index is 1080. The summed E-state index contributed by atoms with van der Waals surface area (Å²) in [6.07, 6.45) is 4.71. The van der Waals surface area contributed by atoms with Gasteiger partial charge in [-0.1, -0.05) is 18.2 Å². The van der Waals surface area contributed by atoms with Gasteiger partial charge in [0.15, 0.2) is 0 Å². The highest BCUT2D eigenvalue weighted by atomic mass is 16.3. The highest BCUT2D eigenvalue weighted by Gasteiger charge is 2.23. The molecule has 2 aromatic heterocycles. The number of aliphatic hydroxyl groups excluding tert-OH is 1. The number of piperidine rings is 1. The predicted octanol–water partition coefficient (Wildman–Crippen LogP) is 3.45. The normalized spacial score (nSPS) is 16.9. The Balaban J connectivity index is 1.76. The van der Waals surface area contributed by atoms with E-state index in [9.17, 15) is 9.90 Å². The molecule has 1 amide bonds. The van der Waals surface area contributed by atoms with Crippen LogP contribution in [0, 0.1) is 0 Å². The second kappa shape index (κ2) is 8.47. The topological polar surface area (TPSA) is 103 Å². The van der Waals surface area contributed by atoms with Crippen LogP contribution in [-0.4, -0.2) is 50.7 Å². The van der Waals surface area contributed by atoms with Crippen LogP contribution in [0.4, 0.5) is 17.5 Å². The van der Waals surface area contributed by atoms with Crippen molar-refractivity contribution in [3.05, 3.63) is 48.3 Å². The van der Waals surface area contributed by atoms with E-state index in [1.54, 1.807) is 24.5 Å². The van der Waals surface area contributed by atoms with E-state index in [0.717, 1.165) is 25.1 Å². The van der Waals surface area contributed by atoms with Crippen molar-refractivity contribution in [3.8, 4) is 0 Å². The molecule has 1 saturated heterocycles. The standard InChI is InChI=1S/C23H28N6O2/c1-23(2,3)28-22-25-12-17-19(26-22)18(29-11-7-10-16(30)14-29)13-24-20(17)27-21(31)15-8-5-4-6-9-15/h4-6,8-9,12-13,16,30H,7,10-11,14H2,1-3H3,(H,24,27,31)(H,25,26,28). The van der Waals surface area contributed by atoms with E-state index < -0.39 is 0 Å². The lowest BCUT2D eigenvalue weighted by atomic mass is 10.1. The van der Waals surface area contributed by atoms with Gasteiger partial charge < -0.3 is 20.6 Å². The number of fused-ring (bicyclic) bond motifs is 1. The van der Waals surface area contributed by atoms with Crippen LogP contribution in [0.1, 0.15) is 44.0 Å². The van der Waals surface area contributed by atoms with Gasteiger partial charge in [0.25, 0.3) is 5.91 Å². The first kappa shape index (κ1) is 21.0. The Morgan fingerprint density at radius 3 is 2.65 bits per heavy atom. The first-order valence-electron chi connectivity index (χ1n) is 10.5. The van der Waals surface area contributed by atoms with Crippen LogP contribution in [0.3, 0.4) is 0 Å². The Labute approximate surface area is 181 Å². The molecule has 3 heterocycles. The second-order valence-corrected chi connectivity index (χ2v) is 8.89. The number of anilines is 3. The van der Waals surface area contributed by atoms with Gasteiger partial charge in [-0.3, -0.25) is 4.79 Å². The van der Waals surface area contributed by atoms with E-state index >= 15 is 0 Å². The van der Waals surface area contributed by atoms with Crippen LogP contribution in [0.5, 0.6) is 0 Å². The SMILES string of the molecule is CC(C)(C)Nc1ncc2c(NC(=O)c3ccccc3)ncc(N3CCCC(O)C3)c2n1. The molecule has 1 atom stereocenters. The van der Waals surface area contributed by atoms with Crippen LogP contribution in [0.2, 0.25) is 0 Å². The number of β-amino-alcohol motifs (C(OH)–C–C–N with tert-alkyl or cyclic N) is 1. The highest BCUT2D eigenvalue weighted by Crippen LogP contribution is 2.31. The summed E-state index contributed by atoms with van der Waals surface area (Å²) in [7, 11) is 0.